The molecule has 2 aromatic rings. The number of hydrogen-bond acceptors (Lipinski definition) is 4. The van der Waals surface area contributed by atoms with E-state index in [1.807, 2.05) is 36.9 Å². The number of nitrogens with zero attached hydrogens (tertiary/aromatic N) is 1. The van der Waals surface area contributed by atoms with Gasteiger partial charge >= 0.3 is 0 Å². The van der Waals surface area contributed by atoms with E-state index in [9.17, 15) is 9.18 Å². The minimum atomic E-state index is -0.519. The number of carbonyl (C=O) groups excluding carboxylic acids is 1. The standard InChI is InChI=1S/C20H24ClFN2O3/c1-4-24(12-14-6-9-18(27-5-2)19(10-14)26-3)13-20(25)23-15-7-8-17(22)16(21)11-15/h6-11H,4-5,12-13H2,1-3H3,(H,23,25). The zero-order chi connectivity index (χ0) is 19.8. The number of ether oxygens (including phenoxy) is 2. The van der Waals surface area contributed by atoms with E-state index >= 15 is 0 Å². The van der Waals surface area contributed by atoms with E-state index < -0.39 is 5.82 Å². The number of carbonyl (C=O) groups is 1. The first-order valence-electron chi connectivity index (χ1n) is 8.73. The van der Waals surface area contributed by atoms with Crippen LogP contribution in [0.15, 0.2) is 36.4 Å². The molecule has 7 heteroatoms. The van der Waals surface area contributed by atoms with E-state index in [0.29, 0.717) is 36.9 Å². The molecule has 27 heavy (non-hydrogen) atoms. The predicted octanol–water partition coefficient (Wildman–Crippen LogP) is 4.35. The van der Waals surface area contributed by atoms with Crippen LogP contribution in [0.3, 0.4) is 0 Å². The molecule has 0 aliphatic carbocycles. The number of nitrogens with one attached hydrogen (secondary N) is 1. The Balaban J connectivity index is 2.00. The second kappa shape index (κ2) is 10.1. The third-order valence-corrected chi connectivity index (χ3v) is 4.24. The lowest BCUT2D eigenvalue weighted by Gasteiger charge is -2.21. The normalized spacial score (nSPS) is 10.7. The molecule has 1 N–H and O–H groups in total. The summed E-state index contributed by atoms with van der Waals surface area (Å²) in [7, 11) is 1.60. The van der Waals surface area contributed by atoms with Crippen molar-refractivity contribution in [1.29, 1.82) is 0 Å². The van der Waals surface area contributed by atoms with Crippen molar-refractivity contribution >= 4 is 23.2 Å². The fraction of sp³-hybridized carbons (Fsp3) is 0.350. The van der Waals surface area contributed by atoms with Crippen LogP contribution < -0.4 is 14.8 Å². The minimum Gasteiger partial charge on any atom is -0.493 e. The van der Waals surface area contributed by atoms with E-state index in [1.54, 1.807) is 7.11 Å². The summed E-state index contributed by atoms with van der Waals surface area (Å²) in [5, 5.41) is 2.71. The van der Waals surface area contributed by atoms with E-state index in [0.717, 1.165) is 5.56 Å². The molecule has 5 nitrogen and oxygen atoms in total. The maximum Gasteiger partial charge on any atom is 0.238 e. The number of amides is 1. The first-order chi connectivity index (χ1) is 13.0. The molecule has 0 unspecified atom stereocenters. The van der Waals surface area contributed by atoms with Crippen LogP contribution in [0.4, 0.5) is 10.1 Å². The molecule has 0 bridgehead atoms. The first kappa shape index (κ1) is 21.0. The Morgan fingerprint density at radius 1 is 1.19 bits per heavy atom. The summed E-state index contributed by atoms with van der Waals surface area (Å²) in [4.78, 5) is 14.3. The third-order valence-electron chi connectivity index (χ3n) is 3.95. The Morgan fingerprint density at radius 2 is 1.96 bits per heavy atom. The molecule has 0 spiro atoms. The summed E-state index contributed by atoms with van der Waals surface area (Å²) < 4.78 is 24.1. The number of halogens is 2. The van der Waals surface area contributed by atoms with Gasteiger partial charge in [0.05, 0.1) is 25.3 Å². The van der Waals surface area contributed by atoms with Crippen molar-refractivity contribution in [2.45, 2.75) is 20.4 Å². The number of rotatable bonds is 9. The van der Waals surface area contributed by atoms with Crippen LogP contribution in [0.5, 0.6) is 11.5 Å². The third kappa shape index (κ3) is 6.12. The van der Waals surface area contributed by atoms with Crippen LogP contribution in [0.1, 0.15) is 19.4 Å². The summed E-state index contributed by atoms with van der Waals surface area (Å²) in [5.74, 6) is 0.639. The largest absolute Gasteiger partial charge is 0.493 e. The molecule has 1 amide bonds. The lowest BCUT2D eigenvalue weighted by molar-refractivity contribution is -0.117. The number of hydrogen-bond donors (Lipinski definition) is 1. The molecule has 0 aliphatic rings. The van der Waals surface area contributed by atoms with Gasteiger partial charge in [0, 0.05) is 12.2 Å². The summed E-state index contributed by atoms with van der Waals surface area (Å²) >= 11 is 5.74. The molecule has 0 atom stereocenters. The van der Waals surface area contributed by atoms with Crippen LogP contribution in [0.2, 0.25) is 5.02 Å². The highest BCUT2D eigenvalue weighted by molar-refractivity contribution is 6.31. The van der Waals surface area contributed by atoms with Gasteiger partial charge in [0.1, 0.15) is 5.82 Å². The van der Waals surface area contributed by atoms with Crippen molar-refractivity contribution in [2.75, 3.05) is 32.1 Å². The highest BCUT2D eigenvalue weighted by Gasteiger charge is 2.13. The lowest BCUT2D eigenvalue weighted by Crippen LogP contribution is -2.32. The van der Waals surface area contributed by atoms with Crippen LogP contribution >= 0.6 is 11.6 Å². The molecule has 0 fully saturated rings. The predicted molar refractivity (Wildman–Crippen MR) is 105 cm³/mol. The highest BCUT2D eigenvalue weighted by Crippen LogP contribution is 2.28. The van der Waals surface area contributed by atoms with E-state index in [2.05, 4.69) is 5.32 Å². The molecule has 0 saturated heterocycles. The van der Waals surface area contributed by atoms with Crippen molar-refractivity contribution in [3.8, 4) is 11.5 Å². The average Bonchev–Trinajstić information content (AvgIpc) is 2.65. The quantitative estimate of drug-likeness (QED) is 0.687. The van der Waals surface area contributed by atoms with Crippen LogP contribution in [0, 0.1) is 5.82 Å². The molecule has 2 rings (SSSR count). The molecule has 0 aromatic heterocycles. The highest BCUT2D eigenvalue weighted by atomic mass is 35.5. The van der Waals surface area contributed by atoms with E-state index in [-0.39, 0.29) is 17.5 Å². The van der Waals surface area contributed by atoms with Gasteiger partial charge in [0.25, 0.3) is 0 Å². The van der Waals surface area contributed by atoms with E-state index in [4.69, 9.17) is 21.1 Å². The molecule has 146 valence electrons. The van der Waals surface area contributed by atoms with Gasteiger partial charge < -0.3 is 14.8 Å². The molecular weight excluding hydrogens is 371 g/mol. The number of anilines is 1. The fourth-order valence-corrected chi connectivity index (χ4v) is 2.78. The maximum atomic E-state index is 13.2. The summed E-state index contributed by atoms with van der Waals surface area (Å²) in [5.41, 5.74) is 1.47. The fourth-order valence-electron chi connectivity index (χ4n) is 2.60. The van der Waals surface area contributed by atoms with Crippen LogP contribution in [0.25, 0.3) is 0 Å². The number of methoxy groups -OCH3 is 1. The molecule has 0 saturated carbocycles. The summed E-state index contributed by atoms with van der Waals surface area (Å²) in [6.45, 7) is 5.92. The van der Waals surface area contributed by atoms with Crippen molar-refractivity contribution < 1.29 is 18.7 Å². The minimum absolute atomic E-state index is 0.0263. The van der Waals surface area contributed by atoms with Gasteiger partial charge in [-0.05, 0) is 49.4 Å². The van der Waals surface area contributed by atoms with Gasteiger partial charge in [-0.25, -0.2) is 4.39 Å². The summed E-state index contributed by atoms with van der Waals surface area (Å²) in [6, 6.07) is 9.82. The van der Waals surface area contributed by atoms with Crippen molar-refractivity contribution in [2.24, 2.45) is 0 Å². The Morgan fingerprint density at radius 3 is 2.59 bits per heavy atom. The molecular formula is C20H24ClFN2O3. The van der Waals surface area contributed by atoms with Gasteiger partial charge in [-0.2, -0.15) is 0 Å². The molecule has 2 aromatic carbocycles. The van der Waals surface area contributed by atoms with Gasteiger partial charge in [-0.1, -0.05) is 24.6 Å². The van der Waals surface area contributed by atoms with Crippen LogP contribution in [-0.2, 0) is 11.3 Å². The Bertz CT molecular complexity index is 786. The zero-order valence-electron chi connectivity index (χ0n) is 15.7. The van der Waals surface area contributed by atoms with Crippen molar-refractivity contribution in [1.82, 2.24) is 4.90 Å². The SMILES string of the molecule is CCOc1ccc(CN(CC)CC(=O)Nc2ccc(F)c(Cl)c2)cc1OC. The van der Waals surface area contributed by atoms with Crippen LogP contribution in [-0.4, -0.2) is 37.6 Å². The zero-order valence-corrected chi connectivity index (χ0v) is 16.5. The molecule has 0 aliphatic heterocycles. The summed E-state index contributed by atoms with van der Waals surface area (Å²) in [6.07, 6.45) is 0. The van der Waals surface area contributed by atoms with Gasteiger partial charge in [-0.3, -0.25) is 9.69 Å². The second-order valence-electron chi connectivity index (χ2n) is 5.90. The molecule has 0 heterocycles. The topological polar surface area (TPSA) is 50.8 Å². The number of benzene rings is 2. The van der Waals surface area contributed by atoms with Gasteiger partial charge in [-0.15, -0.1) is 0 Å². The number of likely N-dealkylation sites (N-methyl/N-ethyl adjacent to an activating group) is 1. The van der Waals surface area contributed by atoms with Gasteiger partial charge in [0.15, 0.2) is 11.5 Å². The molecule has 0 radical (unpaired) electrons. The lowest BCUT2D eigenvalue weighted by atomic mass is 10.2. The maximum absolute atomic E-state index is 13.2. The average molecular weight is 395 g/mol. The Kier molecular flexibility index (Phi) is 7.88. The first-order valence-corrected chi connectivity index (χ1v) is 9.11. The second-order valence-corrected chi connectivity index (χ2v) is 6.31. The Hall–Kier alpha value is -2.31. The smallest absolute Gasteiger partial charge is 0.238 e. The van der Waals surface area contributed by atoms with Crippen molar-refractivity contribution in [3.63, 3.8) is 0 Å². The Labute approximate surface area is 164 Å². The van der Waals surface area contributed by atoms with E-state index in [1.165, 1.54) is 18.2 Å². The van der Waals surface area contributed by atoms with Crippen molar-refractivity contribution in [3.05, 3.63) is 52.8 Å². The monoisotopic (exact) mass is 394 g/mol. The van der Waals surface area contributed by atoms with Gasteiger partial charge in [0.2, 0.25) is 5.91 Å².